The highest BCUT2D eigenvalue weighted by molar-refractivity contribution is 6.30. The van der Waals surface area contributed by atoms with Gasteiger partial charge in [0.25, 0.3) is 5.92 Å². The number of nitrogens with zero attached hydrogens (tertiary/aromatic N) is 2. The van der Waals surface area contributed by atoms with E-state index < -0.39 is 24.5 Å². The number of hydrogen-bond donors (Lipinski definition) is 1. The molecule has 0 amide bonds. The number of carboxylic acid groups (broad SMARTS) is 1. The lowest BCUT2D eigenvalue weighted by atomic mass is 9.77. The Morgan fingerprint density at radius 3 is 2.41 bits per heavy atom. The Balaban J connectivity index is 1.49. The maximum atomic E-state index is 13.3. The molecule has 2 aromatic carbocycles. The van der Waals surface area contributed by atoms with Gasteiger partial charge in [0.15, 0.2) is 0 Å². The summed E-state index contributed by atoms with van der Waals surface area (Å²) >= 11 is 6.46. The summed E-state index contributed by atoms with van der Waals surface area (Å²) in [6.07, 6.45) is 8.46. The largest absolute Gasteiger partial charge is 0.480 e. The first-order valence-electron chi connectivity index (χ1n) is 16.4. The number of piperidine rings is 1. The van der Waals surface area contributed by atoms with Gasteiger partial charge in [0.1, 0.15) is 12.6 Å². The summed E-state index contributed by atoms with van der Waals surface area (Å²) in [6, 6.07) is 11.3. The molecule has 5 nitrogen and oxygen atoms in total. The van der Waals surface area contributed by atoms with Gasteiger partial charge in [-0.3, -0.25) is 9.69 Å². The van der Waals surface area contributed by atoms with E-state index in [1.807, 2.05) is 30.1 Å². The molecule has 2 aromatic rings. The standard InChI is InChI=1S/C36H51ClF2N2O3/c1-25-11-14-29(37)23-32(25)27(18-22-41-19-6-5-7-20-41)17-21-40(4)34(35(42)43)31-10-8-9-26(2)33(31)28-12-15-30(16-13-28)44-24-36(3,38)39/h8-11,14,23,27-28,30,34H,5-7,12-13,15-22,24H2,1-4H3,(H,42,43)/t27-,28?,30?,34?/m1/s1. The van der Waals surface area contributed by atoms with E-state index in [0.29, 0.717) is 19.4 Å². The quantitative estimate of drug-likeness (QED) is 0.226. The van der Waals surface area contributed by atoms with Crippen molar-refractivity contribution in [3.63, 3.8) is 0 Å². The van der Waals surface area contributed by atoms with Crippen molar-refractivity contribution in [3.8, 4) is 0 Å². The lowest BCUT2D eigenvalue weighted by Gasteiger charge is -2.34. The van der Waals surface area contributed by atoms with Crippen LogP contribution >= 0.6 is 11.6 Å². The van der Waals surface area contributed by atoms with E-state index in [0.717, 1.165) is 74.0 Å². The molecule has 1 saturated heterocycles. The van der Waals surface area contributed by atoms with Gasteiger partial charge in [-0.2, -0.15) is 0 Å². The summed E-state index contributed by atoms with van der Waals surface area (Å²) < 4.78 is 32.2. The molecule has 0 bridgehead atoms. The molecule has 244 valence electrons. The third kappa shape index (κ3) is 9.72. The fourth-order valence-electron chi connectivity index (χ4n) is 7.36. The van der Waals surface area contributed by atoms with Crippen molar-refractivity contribution < 1.29 is 23.4 Å². The Hall–Kier alpha value is -2.06. The van der Waals surface area contributed by atoms with Crippen LogP contribution in [0.25, 0.3) is 0 Å². The molecule has 1 heterocycles. The minimum absolute atomic E-state index is 0.176. The average molecular weight is 633 g/mol. The number of rotatable bonds is 14. The number of ether oxygens (including phenoxy) is 1. The Labute approximate surface area is 267 Å². The van der Waals surface area contributed by atoms with Crippen LogP contribution in [0.15, 0.2) is 36.4 Å². The van der Waals surface area contributed by atoms with E-state index in [4.69, 9.17) is 16.3 Å². The van der Waals surface area contributed by atoms with Gasteiger partial charge < -0.3 is 14.7 Å². The van der Waals surface area contributed by atoms with Crippen LogP contribution in [0.1, 0.15) is 110 Å². The van der Waals surface area contributed by atoms with E-state index >= 15 is 0 Å². The van der Waals surface area contributed by atoms with E-state index in [2.05, 4.69) is 36.9 Å². The molecule has 1 saturated carbocycles. The molecule has 2 fully saturated rings. The van der Waals surface area contributed by atoms with Gasteiger partial charge >= 0.3 is 5.97 Å². The van der Waals surface area contributed by atoms with Gasteiger partial charge in [0.05, 0.1) is 6.10 Å². The van der Waals surface area contributed by atoms with Crippen molar-refractivity contribution in [2.24, 2.45) is 0 Å². The van der Waals surface area contributed by atoms with Crippen LogP contribution < -0.4 is 0 Å². The zero-order chi connectivity index (χ0) is 31.9. The van der Waals surface area contributed by atoms with Crippen molar-refractivity contribution >= 4 is 17.6 Å². The molecule has 1 aliphatic carbocycles. The van der Waals surface area contributed by atoms with Crippen LogP contribution in [0.2, 0.25) is 5.02 Å². The van der Waals surface area contributed by atoms with E-state index in [9.17, 15) is 18.7 Å². The second-order valence-corrected chi connectivity index (χ2v) is 13.8. The zero-order valence-electron chi connectivity index (χ0n) is 27.0. The predicted molar refractivity (Wildman–Crippen MR) is 174 cm³/mol. The summed E-state index contributed by atoms with van der Waals surface area (Å²) in [5.41, 5.74) is 5.50. The number of halogens is 3. The summed E-state index contributed by atoms with van der Waals surface area (Å²) in [5, 5.41) is 11.3. The number of likely N-dealkylation sites (N-methyl/N-ethyl adjacent to an activating group) is 1. The van der Waals surface area contributed by atoms with Gasteiger partial charge in [-0.05, 0) is 150 Å². The predicted octanol–water partition coefficient (Wildman–Crippen LogP) is 8.76. The summed E-state index contributed by atoms with van der Waals surface area (Å²) in [6.45, 7) is 8.48. The second-order valence-electron chi connectivity index (χ2n) is 13.3. The van der Waals surface area contributed by atoms with E-state index in [1.165, 1.54) is 30.4 Å². The van der Waals surface area contributed by atoms with Crippen LogP contribution in [0.5, 0.6) is 0 Å². The summed E-state index contributed by atoms with van der Waals surface area (Å²) in [5.74, 6) is -3.24. The van der Waals surface area contributed by atoms with E-state index in [-0.39, 0.29) is 17.9 Å². The number of alkyl halides is 2. The number of likely N-dealkylation sites (tertiary alicyclic amines) is 1. The van der Waals surface area contributed by atoms with Gasteiger partial charge in [-0.1, -0.05) is 42.3 Å². The summed E-state index contributed by atoms with van der Waals surface area (Å²) in [4.78, 5) is 17.5. The molecule has 2 aliphatic rings. The van der Waals surface area contributed by atoms with Gasteiger partial charge in [0.2, 0.25) is 0 Å². The molecule has 1 unspecified atom stereocenters. The zero-order valence-corrected chi connectivity index (χ0v) is 27.7. The van der Waals surface area contributed by atoms with Crippen molar-refractivity contribution in [2.75, 3.05) is 39.8 Å². The second kappa shape index (κ2) is 16.0. The average Bonchev–Trinajstić information content (AvgIpc) is 2.98. The number of aliphatic carboxylic acids is 1. The topological polar surface area (TPSA) is 53.0 Å². The Bertz CT molecular complexity index is 1220. The molecule has 8 heteroatoms. The monoisotopic (exact) mass is 632 g/mol. The highest BCUT2D eigenvalue weighted by Crippen LogP contribution is 2.41. The van der Waals surface area contributed by atoms with Crippen LogP contribution in [0, 0.1) is 13.8 Å². The fourth-order valence-corrected chi connectivity index (χ4v) is 7.54. The molecule has 1 aliphatic heterocycles. The maximum Gasteiger partial charge on any atom is 0.325 e. The number of carbonyl (C=O) groups is 1. The molecule has 0 aromatic heterocycles. The SMILES string of the molecule is Cc1ccc(Cl)cc1[C@@H](CCN1CCCCC1)CCN(C)C(C(=O)O)c1cccc(C)c1C1CCC(OCC(C)(F)F)CC1. The van der Waals surface area contributed by atoms with Gasteiger partial charge in [-0.15, -0.1) is 0 Å². The maximum absolute atomic E-state index is 13.3. The molecule has 0 radical (unpaired) electrons. The first kappa shape index (κ1) is 34.8. The first-order chi connectivity index (χ1) is 20.9. The normalized spacial score (nSPS) is 21.4. The minimum atomic E-state index is -2.84. The van der Waals surface area contributed by atoms with Crippen molar-refractivity contribution in [1.29, 1.82) is 0 Å². The lowest BCUT2D eigenvalue weighted by Crippen LogP contribution is -2.35. The Morgan fingerprint density at radius 1 is 1.05 bits per heavy atom. The highest BCUT2D eigenvalue weighted by atomic mass is 35.5. The van der Waals surface area contributed by atoms with E-state index in [1.54, 1.807) is 0 Å². The smallest absolute Gasteiger partial charge is 0.325 e. The van der Waals surface area contributed by atoms with Crippen LogP contribution in [-0.2, 0) is 9.53 Å². The van der Waals surface area contributed by atoms with Crippen molar-refractivity contribution in [3.05, 3.63) is 69.2 Å². The Morgan fingerprint density at radius 2 is 1.75 bits per heavy atom. The lowest BCUT2D eigenvalue weighted by molar-refractivity contribution is -0.143. The van der Waals surface area contributed by atoms with Crippen LogP contribution in [0.4, 0.5) is 8.78 Å². The number of hydrogen-bond acceptors (Lipinski definition) is 4. The highest BCUT2D eigenvalue weighted by Gasteiger charge is 2.33. The van der Waals surface area contributed by atoms with Crippen molar-refractivity contribution in [2.45, 2.75) is 108 Å². The molecule has 44 heavy (non-hydrogen) atoms. The number of benzene rings is 2. The molecule has 2 atom stereocenters. The molecule has 1 N–H and O–H groups in total. The minimum Gasteiger partial charge on any atom is -0.480 e. The van der Waals surface area contributed by atoms with Crippen molar-refractivity contribution in [1.82, 2.24) is 9.80 Å². The first-order valence-corrected chi connectivity index (χ1v) is 16.8. The van der Waals surface area contributed by atoms with Gasteiger partial charge in [0, 0.05) is 11.9 Å². The van der Waals surface area contributed by atoms with Crippen LogP contribution in [0.3, 0.4) is 0 Å². The van der Waals surface area contributed by atoms with Crippen LogP contribution in [-0.4, -0.2) is 72.7 Å². The summed E-state index contributed by atoms with van der Waals surface area (Å²) in [7, 11) is 1.92. The molecular formula is C36H51ClF2N2O3. The number of carboxylic acids is 1. The molecule has 4 rings (SSSR count). The molecule has 0 spiro atoms. The molecular weight excluding hydrogens is 582 g/mol. The third-order valence-electron chi connectivity index (χ3n) is 9.74. The van der Waals surface area contributed by atoms with Gasteiger partial charge in [-0.25, -0.2) is 8.78 Å². The number of aryl methyl sites for hydroxylation is 2. The Kier molecular flexibility index (Phi) is 12.6. The third-order valence-corrected chi connectivity index (χ3v) is 9.97. The fraction of sp³-hybridized carbons (Fsp3) is 0.639.